The van der Waals surface area contributed by atoms with Crippen LogP contribution in [0.25, 0.3) is 0 Å². The van der Waals surface area contributed by atoms with Crippen LogP contribution in [0.5, 0.6) is 0 Å². The Morgan fingerprint density at radius 1 is 1.12 bits per heavy atom. The van der Waals surface area contributed by atoms with E-state index in [2.05, 4.69) is 15.6 Å². The summed E-state index contributed by atoms with van der Waals surface area (Å²) in [6.07, 6.45) is 0. The molecule has 0 bridgehead atoms. The molecule has 1 amide bonds. The van der Waals surface area contributed by atoms with E-state index in [9.17, 15) is 9.18 Å². The lowest BCUT2D eigenvalue weighted by molar-refractivity contribution is 0.102. The molecule has 0 saturated heterocycles. The summed E-state index contributed by atoms with van der Waals surface area (Å²) in [5, 5.41) is 8.75. The number of hydrogen-bond acceptors (Lipinski definition) is 4. The van der Waals surface area contributed by atoms with Gasteiger partial charge in [0.25, 0.3) is 5.91 Å². The Kier molecular flexibility index (Phi) is 4.81. The highest BCUT2D eigenvalue weighted by Crippen LogP contribution is 2.26. The van der Waals surface area contributed by atoms with Crippen LogP contribution in [0.4, 0.5) is 20.9 Å². The third kappa shape index (κ3) is 4.03. The molecule has 0 atom stereocenters. The van der Waals surface area contributed by atoms with E-state index in [4.69, 9.17) is 0 Å². The number of halogens is 1. The first-order chi connectivity index (χ1) is 11.9. The van der Waals surface area contributed by atoms with Gasteiger partial charge in [-0.15, -0.1) is 11.3 Å². The fourth-order valence-electron chi connectivity index (χ4n) is 2.37. The van der Waals surface area contributed by atoms with E-state index in [1.807, 2.05) is 38.3 Å². The summed E-state index contributed by atoms with van der Waals surface area (Å²) >= 11 is 1.51. The smallest absolute Gasteiger partial charge is 0.258 e. The maximum absolute atomic E-state index is 13.9. The molecule has 1 heterocycles. The molecule has 0 saturated carbocycles. The fraction of sp³-hybridized carbons (Fsp3) is 0.158. The third-order valence-corrected chi connectivity index (χ3v) is 4.60. The van der Waals surface area contributed by atoms with Crippen molar-refractivity contribution in [3.8, 4) is 0 Å². The Bertz CT molecular complexity index is 936. The van der Waals surface area contributed by atoms with Gasteiger partial charge >= 0.3 is 0 Å². The van der Waals surface area contributed by atoms with Crippen molar-refractivity contribution in [3.63, 3.8) is 0 Å². The van der Waals surface area contributed by atoms with Crippen molar-refractivity contribution in [2.45, 2.75) is 20.8 Å². The van der Waals surface area contributed by atoms with Gasteiger partial charge in [0.05, 0.1) is 11.3 Å². The van der Waals surface area contributed by atoms with Crippen molar-refractivity contribution >= 4 is 33.8 Å². The Morgan fingerprint density at radius 2 is 1.92 bits per heavy atom. The zero-order valence-electron chi connectivity index (χ0n) is 14.2. The van der Waals surface area contributed by atoms with Gasteiger partial charge in [0.2, 0.25) is 0 Å². The lowest BCUT2D eigenvalue weighted by Crippen LogP contribution is -2.14. The van der Waals surface area contributed by atoms with E-state index in [1.165, 1.54) is 23.5 Å². The number of nitrogens with one attached hydrogen (secondary N) is 2. The lowest BCUT2D eigenvalue weighted by Gasteiger charge is -2.11. The van der Waals surface area contributed by atoms with Gasteiger partial charge in [0.1, 0.15) is 5.82 Å². The van der Waals surface area contributed by atoms with Crippen LogP contribution in [-0.4, -0.2) is 10.9 Å². The molecule has 2 N–H and O–H groups in total. The molecule has 0 radical (unpaired) electrons. The molecular weight excluding hydrogens is 337 g/mol. The second-order valence-electron chi connectivity index (χ2n) is 5.89. The van der Waals surface area contributed by atoms with Gasteiger partial charge in [0, 0.05) is 16.8 Å². The number of thiazole rings is 1. The largest absolute Gasteiger partial charge is 0.331 e. The Morgan fingerprint density at radius 3 is 2.64 bits per heavy atom. The normalized spacial score (nSPS) is 10.6. The lowest BCUT2D eigenvalue weighted by atomic mass is 10.1. The first kappa shape index (κ1) is 17.1. The van der Waals surface area contributed by atoms with E-state index in [0.717, 1.165) is 27.6 Å². The van der Waals surface area contributed by atoms with Crippen LogP contribution in [0.15, 0.2) is 41.8 Å². The first-order valence-electron chi connectivity index (χ1n) is 7.79. The SMILES string of the molecule is Cc1ccc(F)c(C(=O)Nc2ccc(C)c(Nc3nc(C)cs3)c2)c1. The van der Waals surface area contributed by atoms with Crippen LogP contribution in [0, 0.1) is 26.6 Å². The van der Waals surface area contributed by atoms with Gasteiger partial charge in [-0.25, -0.2) is 9.37 Å². The molecule has 3 rings (SSSR count). The molecule has 0 aliphatic rings. The number of amides is 1. The number of anilines is 3. The molecule has 0 aliphatic heterocycles. The summed E-state index contributed by atoms with van der Waals surface area (Å²) in [4.78, 5) is 16.7. The maximum atomic E-state index is 13.9. The summed E-state index contributed by atoms with van der Waals surface area (Å²) in [6.45, 7) is 5.72. The summed E-state index contributed by atoms with van der Waals surface area (Å²) < 4.78 is 13.9. The topological polar surface area (TPSA) is 54.0 Å². The average molecular weight is 355 g/mol. The highest BCUT2D eigenvalue weighted by atomic mass is 32.1. The monoisotopic (exact) mass is 355 g/mol. The van der Waals surface area contributed by atoms with Crippen molar-refractivity contribution in [2.24, 2.45) is 0 Å². The van der Waals surface area contributed by atoms with Gasteiger partial charge in [-0.1, -0.05) is 17.7 Å². The molecule has 25 heavy (non-hydrogen) atoms. The molecule has 0 unspecified atom stereocenters. The minimum Gasteiger partial charge on any atom is -0.331 e. The van der Waals surface area contributed by atoms with Crippen LogP contribution in [0.1, 0.15) is 27.2 Å². The second-order valence-corrected chi connectivity index (χ2v) is 6.74. The molecule has 3 aromatic rings. The molecule has 6 heteroatoms. The Balaban J connectivity index is 1.82. The zero-order valence-corrected chi connectivity index (χ0v) is 15.0. The second kappa shape index (κ2) is 7.03. The number of aryl methyl sites for hydroxylation is 3. The number of hydrogen-bond donors (Lipinski definition) is 2. The van der Waals surface area contributed by atoms with E-state index < -0.39 is 11.7 Å². The van der Waals surface area contributed by atoms with E-state index in [1.54, 1.807) is 12.1 Å². The summed E-state index contributed by atoms with van der Waals surface area (Å²) in [6, 6.07) is 9.98. The number of carbonyl (C=O) groups excluding carboxylic acids is 1. The van der Waals surface area contributed by atoms with Crippen LogP contribution in [0.2, 0.25) is 0 Å². The van der Waals surface area contributed by atoms with Crippen LogP contribution < -0.4 is 10.6 Å². The van der Waals surface area contributed by atoms with Gasteiger partial charge in [-0.05, 0) is 50.6 Å². The van der Waals surface area contributed by atoms with E-state index in [0.29, 0.717) is 5.69 Å². The number of nitrogens with zero attached hydrogens (tertiary/aromatic N) is 1. The summed E-state index contributed by atoms with van der Waals surface area (Å²) in [5.41, 5.74) is 4.27. The van der Waals surface area contributed by atoms with Crippen LogP contribution in [-0.2, 0) is 0 Å². The highest BCUT2D eigenvalue weighted by Gasteiger charge is 2.13. The molecule has 0 aliphatic carbocycles. The Labute approximate surface area is 149 Å². The predicted molar refractivity (Wildman–Crippen MR) is 100 cm³/mol. The average Bonchev–Trinajstić information content (AvgIpc) is 2.98. The van der Waals surface area contributed by atoms with Gasteiger partial charge in [0.15, 0.2) is 5.13 Å². The van der Waals surface area contributed by atoms with Crippen LogP contribution in [0.3, 0.4) is 0 Å². The summed E-state index contributed by atoms with van der Waals surface area (Å²) in [5.74, 6) is -1.01. The minimum absolute atomic E-state index is 0.0330. The van der Waals surface area contributed by atoms with Crippen molar-refractivity contribution in [2.75, 3.05) is 10.6 Å². The van der Waals surface area contributed by atoms with Crippen molar-refractivity contribution in [1.29, 1.82) is 0 Å². The molecule has 0 spiro atoms. The molecule has 0 fully saturated rings. The molecule has 2 aromatic carbocycles. The molecule has 128 valence electrons. The van der Waals surface area contributed by atoms with Gasteiger partial charge < -0.3 is 10.6 Å². The van der Waals surface area contributed by atoms with E-state index >= 15 is 0 Å². The van der Waals surface area contributed by atoms with E-state index in [-0.39, 0.29) is 5.56 Å². The van der Waals surface area contributed by atoms with Gasteiger partial charge in [-0.3, -0.25) is 4.79 Å². The Hall–Kier alpha value is -2.73. The third-order valence-electron chi connectivity index (χ3n) is 3.72. The van der Waals surface area contributed by atoms with Crippen molar-refractivity contribution in [1.82, 2.24) is 4.98 Å². The molecule has 1 aromatic heterocycles. The standard InChI is InChI=1S/C19H18FN3OS/c1-11-4-7-16(20)15(8-11)18(24)22-14-6-5-12(2)17(9-14)23-19-21-13(3)10-25-19/h4-10H,1-3H3,(H,21,23)(H,22,24). The highest BCUT2D eigenvalue weighted by molar-refractivity contribution is 7.13. The molecule has 4 nitrogen and oxygen atoms in total. The quantitative estimate of drug-likeness (QED) is 0.676. The fourth-order valence-corrected chi connectivity index (χ4v) is 3.07. The number of rotatable bonds is 4. The number of carbonyl (C=O) groups is 1. The summed E-state index contributed by atoms with van der Waals surface area (Å²) in [7, 11) is 0. The van der Waals surface area contributed by atoms with Crippen LogP contribution >= 0.6 is 11.3 Å². The molecular formula is C19H18FN3OS. The van der Waals surface area contributed by atoms with Crippen molar-refractivity contribution in [3.05, 3.63) is 70.0 Å². The number of benzene rings is 2. The van der Waals surface area contributed by atoms with Crippen molar-refractivity contribution < 1.29 is 9.18 Å². The van der Waals surface area contributed by atoms with Gasteiger partial charge in [-0.2, -0.15) is 0 Å². The first-order valence-corrected chi connectivity index (χ1v) is 8.67. The minimum atomic E-state index is -0.535. The number of aromatic nitrogens is 1. The zero-order chi connectivity index (χ0) is 18.0. The predicted octanol–water partition coefficient (Wildman–Crippen LogP) is 5.20. The maximum Gasteiger partial charge on any atom is 0.258 e.